The van der Waals surface area contributed by atoms with Gasteiger partial charge in [-0.15, -0.1) is 0 Å². The van der Waals surface area contributed by atoms with Crippen LogP contribution in [0, 0.1) is 6.92 Å². The van der Waals surface area contributed by atoms with Crippen molar-refractivity contribution in [3.63, 3.8) is 0 Å². The van der Waals surface area contributed by atoms with Crippen molar-refractivity contribution in [2.24, 2.45) is 0 Å². The van der Waals surface area contributed by atoms with E-state index >= 15 is 0 Å². The zero-order valence-corrected chi connectivity index (χ0v) is 31.0. The maximum Gasteiger partial charge on any atom is 0.324 e. The normalized spacial score (nSPS) is 14.2. The molecule has 3 amide bonds. The van der Waals surface area contributed by atoms with Gasteiger partial charge in [0.25, 0.3) is 5.91 Å². The van der Waals surface area contributed by atoms with Crippen LogP contribution in [-0.2, 0) is 16.8 Å². The summed E-state index contributed by atoms with van der Waals surface area (Å²) in [5.41, 5.74) is 4.39. The fraction of sp³-hybridized carbons (Fsp3) is 0.268. The van der Waals surface area contributed by atoms with Gasteiger partial charge in [-0.3, -0.25) is 10.1 Å². The van der Waals surface area contributed by atoms with Crippen molar-refractivity contribution >= 4 is 45.9 Å². The van der Waals surface area contributed by atoms with Gasteiger partial charge in [-0.1, -0.05) is 57.2 Å². The summed E-state index contributed by atoms with van der Waals surface area (Å²) in [6, 6.07) is 24.7. The number of aromatic nitrogens is 5. The van der Waals surface area contributed by atoms with Crippen molar-refractivity contribution in [3.05, 3.63) is 120 Å². The molecule has 7 rings (SSSR count). The highest BCUT2D eigenvalue weighted by Gasteiger charge is 2.28. The number of likely N-dealkylation sites (tertiary alicyclic amines) is 1. The molecule has 0 bridgehead atoms. The Morgan fingerprint density at radius 1 is 0.889 bits per heavy atom. The van der Waals surface area contributed by atoms with Crippen LogP contribution in [0.2, 0.25) is 0 Å². The Kier molecular flexibility index (Phi) is 10.2. The highest BCUT2D eigenvalue weighted by Crippen LogP contribution is 2.33. The van der Waals surface area contributed by atoms with Crippen LogP contribution < -0.4 is 20.7 Å². The topological polar surface area (TPSA) is 148 Å². The van der Waals surface area contributed by atoms with E-state index in [1.54, 1.807) is 22.9 Å². The van der Waals surface area contributed by atoms with E-state index in [2.05, 4.69) is 51.7 Å². The van der Waals surface area contributed by atoms with Gasteiger partial charge in [0.15, 0.2) is 0 Å². The average molecular weight is 726 g/mol. The number of benzene rings is 3. The number of fused-ring (bicyclic) bond motifs is 1. The van der Waals surface area contributed by atoms with E-state index in [0.717, 1.165) is 39.7 Å². The Morgan fingerprint density at radius 3 is 2.46 bits per heavy atom. The van der Waals surface area contributed by atoms with Crippen molar-refractivity contribution in [1.82, 2.24) is 29.6 Å². The lowest BCUT2D eigenvalue weighted by Gasteiger charge is -2.15. The Balaban J connectivity index is 1.01. The molecular formula is C41H43N9O4. The summed E-state index contributed by atoms with van der Waals surface area (Å²) < 4.78 is 13.4. The number of urea groups is 1. The monoisotopic (exact) mass is 725 g/mol. The van der Waals surface area contributed by atoms with E-state index in [9.17, 15) is 9.59 Å². The van der Waals surface area contributed by atoms with Crippen LogP contribution in [0.15, 0.2) is 97.5 Å². The predicted molar refractivity (Wildman–Crippen MR) is 209 cm³/mol. The first-order valence-corrected chi connectivity index (χ1v) is 17.8. The number of ether oxygens (including phenoxy) is 2. The van der Waals surface area contributed by atoms with Crippen molar-refractivity contribution in [2.75, 3.05) is 36.1 Å². The van der Waals surface area contributed by atoms with Gasteiger partial charge in [0.05, 0.1) is 35.6 Å². The summed E-state index contributed by atoms with van der Waals surface area (Å²) >= 11 is 0. The SMILES string of the molecule is CO[C@@H]1CCN(C(=O)c2cnc(Nc3cc(COc4ccc(NC(=O)Nc5cc(C(C)(C)C)nn5-c5cccc(C)c5)c5ccccc45)ccn3)cn2)C1. The maximum atomic E-state index is 13.5. The molecule has 1 atom stereocenters. The Bertz CT molecular complexity index is 2300. The average Bonchev–Trinajstić information content (AvgIpc) is 3.83. The third kappa shape index (κ3) is 8.16. The number of carbonyl (C=O) groups is 2. The van der Waals surface area contributed by atoms with Gasteiger partial charge in [-0.25, -0.2) is 24.4 Å². The molecule has 4 heterocycles. The van der Waals surface area contributed by atoms with Crippen LogP contribution in [0.4, 0.5) is 27.9 Å². The van der Waals surface area contributed by atoms with Gasteiger partial charge in [0.1, 0.15) is 35.5 Å². The van der Waals surface area contributed by atoms with Crippen LogP contribution in [0.25, 0.3) is 16.5 Å². The molecule has 54 heavy (non-hydrogen) atoms. The molecule has 0 aliphatic carbocycles. The lowest BCUT2D eigenvalue weighted by molar-refractivity contribution is 0.0718. The number of hydrogen-bond acceptors (Lipinski definition) is 9. The Labute approximate surface area is 313 Å². The highest BCUT2D eigenvalue weighted by atomic mass is 16.5. The molecule has 0 saturated carbocycles. The van der Waals surface area contributed by atoms with E-state index in [1.807, 2.05) is 85.8 Å². The summed E-state index contributed by atoms with van der Waals surface area (Å²) in [4.78, 5) is 41.2. The van der Waals surface area contributed by atoms with Crippen molar-refractivity contribution in [2.45, 2.75) is 52.2 Å². The van der Waals surface area contributed by atoms with E-state index in [0.29, 0.717) is 42.0 Å². The molecule has 6 aromatic rings. The minimum absolute atomic E-state index is 0.0500. The predicted octanol–water partition coefficient (Wildman–Crippen LogP) is 7.64. The largest absolute Gasteiger partial charge is 0.488 e. The smallest absolute Gasteiger partial charge is 0.324 e. The van der Waals surface area contributed by atoms with Gasteiger partial charge in [-0.05, 0) is 60.9 Å². The molecular weight excluding hydrogens is 683 g/mol. The van der Waals surface area contributed by atoms with E-state index in [1.165, 1.54) is 12.4 Å². The zero-order valence-electron chi connectivity index (χ0n) is 31.0. The van der Waals surface area contributed by atoms with E-state index < -0.39 is 6.03 Å². The van der Waals surface area contributed by atoms with Crippen LogP contribution >= 0.6 is 0 Å². The number of anilines is 4. The second-order valence-corrected chi connectivity index (χ2v) is 14.3. The quantitative estimate of drug-likeness (QED) is 0.130. The van der Waals surface area contributed by atoms with Crippen molar-refractivity contribution < 1.29 is 19.1 Å². The molecule has 1 fully saturated rings. The second-order valence-electron chi connectivity index (χ2n) is 14.3. The number of rotatable bonds is 10. The molecule has 0 spiro atoms. The second kappa shape index (κ2) is 15.3. The van der Waals surface area contributed by atoms with Gasteiger partial charge in [-0.2, -0.15) is 5.10 Å². The number of pyridine rings is 1. The number of nitrogens with one attached hydrogen (secondary N) is 3. The fourth-order valence-electron chi connectivity index (χ4n) is 6.26. The lowest BCUT2D eigenvalue weighted by Crippen LogP contribution is -2.30. The third-order valence-electron chi connectivity index (χ3n) is 9.21. The molecule has 0 radical (unpaired) electrons. The molecule has 1 aliphatic heterocycles. The first-order valence-electron chi connectivity index (χ1n) is 17.8. The standard InChI is InChI=1S/C41H43N9O4/c1-26-9-8-10-28(19-26)50-38(21-35(48-50)41(2,3)4)47-40(52)45-32-13-14-34(31-12-7-6-11-30(31)32)54-25-27-15-17-42-36(20-27)46-37-23-43-33(22-44-37)39(51)49-18-16-29(24-49)53-5/h6-15,17,19-23,29H,16,18,24-25H2,1-5H3,(H,42,44,46)(H2,45,47,52)/t29-/m1/s1. The van der Waals surface area contributed by atoms with Gasteiger partial charge < -0.3 is 25.0 Å². The van der Waals surface area contributed by atoms with Crippen LogP contribution in [0.1, 0.15) is 54.5 Å². The molecule has 13 heteroatoms. The highest BCUT2D eigenvalue weighted by molar-refractivity contribution is 6.07. The first kappa shape index (κ1) is 36.0. The summed E-state index contributed by atoms with van der Waals surface area (Å²) in [6.45, 7) is 9.75. The number of nitrogens with zero attached hydrogens (tertiary/aromatic N) is 6. The van der Waals surface area contributed by atoms with Gasteiger partial charge >= 0.3 is 6.03 Å². The number of methoxy groups -OCH3 is 1. The van der Waals surface area contributed by atoms with E-state index in [4.69, 9.17) is 14.6 Å². The van der Waals surface area contributed by atoms with Gasteiger partial charge in [0.2, 0.25) is 0 Å². The number of hydrogen-bond donors (Lipinski definition) is 3. The Morgan fingerprint density at radius 2 is 1.72 bits per heavy atom. The molecule has 13 nitrogen and oxygen atoms in total. The number of amides is 3. The first-order chi connectivity index (χ1) is 26.0. The van der Waals surface area contributed by atoms with Crippen LogP contribution in [0.3, 0.4) is 0 Å². The molecule has 3 N–H and O–H groups in total. The lowest BCUT2D eigenvalue weighted by atomic mass is 9.92. The third-order valence-corrected chi connectivity index (χ3v) is 9.21. The minimum Gasteiger partial charge on any atom is -0.488 e. The molecule has 276 valence electrons. The molecule has 0 unspecified atom stereocenters. The summed E-state index contributed by atoms with van der Waals surface area (Å²) in [5.74, 6) is 2.08. The Hall–Kier alpha value is -6.34. The molecule has 1 aliphatic rings. The maximum absolute atomic E-state index is 13.5. The molecule has 3 aromatic carbocycles. The fourth-order valence-corrected chi connectivity index (χ4v) is 6.26. The summed E-state index contributed by atoms with van der Waals surface area (Å²) in [5, 5.41) is 15.7. The van der Waals surface area contributed by atoms with E-state index in [-0.39, 0.29) is 29.7 Å². The summed E-state index contributed by atoms with van der Waals surface area (Å²) in [7, 11) is 1.66. The van der Waals surface area contributed by atoms with Crippen molar-refractivity contribution in [3.8, 4) is 11.4 Å². The minimum atomic E-state index is -0.391. The van der Waals surface area contributed by atoms with Crippen molar-refractivity contribution in [1.29, 1.82) is 0 Å². The summed E-state index contributed by atoms with van der Waals surface area (Å²) in [6.07, 6.45) is 5.53. The molecule has 1 saturated heterocycles. The zero-order chi connectivity index (χ0) is 37.8. The number of carbonyl (C=O) groups excluding carboxylic acids is 2. The molecule has 3 aromatic heterocycles. The number of aryl methyl sites for hydroxylation is 1. The van der Waals surface area contributed by atoms with Crippen LogP contribution in [-0.4, -0.2) is 67.9 Å². The van der Waals surface area contributed by atoms with Crippen LogP contribution in [0.5, 0.6) is 5.75 Å². The van der Waals surface area contributed by atoms with Gasteiger partial charge in [0, 0.05) is 48.6 Å².